The number of rotatable bonds is 7. The van der Waals surface area contributed by atoms with Crippen LogP contribution in [0.3, 0.4) is 0 Å². The van der Waals surface area contributed by atoms with E-state index in [-0.39, 0.29) is 11.3 Å². The van der Waals surface area contributed by atoms with Crippen molar-refractivity contribution in [2.45, 2.75) is 33.2 Å². The maximum atomic E-state index is 12.5. The Labute approximate surface area is 193 Å². The largest absolute Gasteiger partial charge is 0.365 e. The van der Waals surface area contributed by atoms with Gasteiger partial charge in [0.2, 0.25) is 10.0 Å². The van der Waals surface area contributed by atoms with Crippen molar-refractivity contribution in [1.82, 2.24) is 9.78 Å². The van der Waals surface area contributed by atoms with E-state index in [1.807, 2.05) is 20.8 Å². The lowest BCUT2D eigenvalue weighted by molar-refractivity contribution is 0.100. The first kappa shape index (κ1) is 23.8. The Bertz CT molecular complexity index is 1310. The molecule has 2 aromatic carbocycles. The van der Waals surface area contributed by atoms with Crippen molar-refractivity contribution in [3.8, 4) is 17.3 Å². The van der Waals surface area contributed by atoms with Gasteiger partial charge in [0.05, 0.1) is 22.9 Å². The molecule has 0 bridgehead atoms. The average Bonchev–Trinajstić information content (AvgIpc) is 3.14. The van der Waals surface area contributed by atoms with Crippen molar-refractivity contribution >= 4 is 33.1 Å². The molecule has 0 aliphatic carbocycles. The molecule has 1 amide bonds. The fourth-order valence-corrected chi connectivity index (χ4v) is 3.81. The Balaban J connectivity index is 2.10. The van der Waals surface area contributed by atoms with Crippen molar-refractivity contribution in [2.24, 2.45) is 5.73 Å². The lowest BCUT2D eigenvalue weighted by atomic mass is 10.1. The number of primary amides is 1. The fraction of sp³-hybridized carbons (Fsp3) is 0.261. The molecule has 0 saturated heterocycles. The molecule has 1 aromatic heterocycles. The number of amides is 1. The molecule has 0 saturated carbocycles. The molecule has 1 heterocycles. The van der Waals surface area contributed by atoms with E-state index >= 15 is 0 Å². The molecule has 0 spiro atoms. The number of carbonyl (C=O) groups excluding carboxylic acids is 1. The van der Waals surface area contributed by atoms with Crippen molar-refractivity contribution in [1.29, 1.82) is 5.26 Å². The van der Waals surface area contributed by atoms with E-state index in [1.165, 1.54) is 0 Å². The van der Waals surface area contributed by atoms with Crippen LogP contribution in [0, 0.1) is 11.3 Å². The Morgan fingerprint density at radius 2 is 1.67 bits per heavy atom. The summed E-state index contributed by atoms with van der Waals surface area (Å²) >= 11 is 0. The van der Waals surface area contributed by atoms with Gasteiger partial charge in [-0.2, -0.15) is 10.4 Å². The number of nitriles is 1. The SMILES string of the molecule is CCS(=O)(=O)Nc1ccc(-c2nn(C(C)(C)C)c(Nc3ccc(C#N)cc3)c2C(N)=O)cc1. The summed E-state index contributed by atoms with van der Waals surface area (Å²) in [4.78, 5) is 12.5. The van der Waals surface area contributed by atoms with Crippen LogP contribution >= 0.6 is 0 Å². The Kier molecular flexibility index (Phi) is 6.46. The Morgan fingerprint density at radius 3 is 2.15 bits per heavy atom. The standard InChI is InChI=1S/C23H26N6O3S/c1-5-33(31,32)28-18-12-8-16(9-13-18)20-19(21(25)30)22(29(27-20)23(2,3)4)26-17-10-6-15(14-24)7-11-17/h6-13,26,28H,5H2,1-4H3,(H2,25,30). The normalized spacial score (nSPS) is 11.6. The minimum absolute atomic E-state index is 0.0407. The summed E-state index contributed by atoms with van der Waals surface area (Å²) in [5, 5.41) is 16.9. The van der Waals surface area contributed by atoms with E-state index in [0.29, 0.717) is 34.0 Å². The van der Waals surface area contributed by atoms with Crippen LogP contribution in [0.15, 0.2) is 48.5 Å². The number of nitrogens with two attached hydrogens (primary N) is 1. The van der Waals surface area contributed by atoms with Gasteiger partial charge in [-0.3, -0.25) is 9.52 Å². The van der Waals surface area contributed by atoms with Gasteiger partial charge in [0.25, 0.3) is 5.91 Å². The molecular formula is C23H26N6O3S. The van der Waals surface area contributed by atoms with E-state index in [0.717, 1.165) is 0 Å². The van der Waals surface area contributed by atoms with Crippen molar-refractivity contribution in [2.75, 3.05) is 15.8 Å². The van der Waals surface area contributed by atoms with E-state index < -0.39 is 21.5 Å². The minimum atomic E-state index is -3.41. The van der Waals surface area contributed by atoms with Gasteiger partial charge in [-0.05, 0) is 64.1 Å². The van der Waals surface area contributed by atoms with Gasteiger partial charge in [-0.15, -0.1) is 0 Å². The first-order valence-corrected chi connectivity index (χ1v) is 11.9. The summed E-state index contributed by atoms with van der Waals surface area (Å²) < 4.78 is 27.8. The third kappa shape index (κ3) is 5.32. The highest BCUT2D eigenvalue weighted by Crippen LogP contribution is 2.35. The number of anilines is 3. The number of hydrogen-bond acceptors (Lipinski definition) is 6. The molecular weight excluding hydrogens is 440 g/mol. The van der Waals surface area contributed by atoms with Crippen LogP contribution in [0.4, 0.5) is 17.2 Å². The quantitative estimate of drug-likeness (QED) is 0.483. The van der Waals surface area contributed by atoms with E-state index in [9.17, 15) is 13.2 Å². The van der Waals surface area contributed by atoms with E-state index in [2.05, 4.69) is 21.2 Å². The highest BCUT2D eigenvalue weighted by Gasteiger charge is 2.28. The van der Waals surface area contributed by atoms with Crippen molar-refractivity contribution in [3.63, 3.8) is 0 Å². The van der Waals surface area contributed by atoms with Gasteiger partial charge >= 0.3 is 0 Å². The maximum Gasteiger partial charge on any atom is 0.254 e. The first-order valence-electron chi connectivity index (χ1n) is 10.3. The third-order valence-electron chi connectivity index (χ3n) is 4.86. The second kappa shape index (κ2) is 8.96. The average molecular weight is 467 g/mol. The van der Waals surface area contributed by atoms with Crippen LogP contribution in [-0.2, 0) is 15.6 Å². The zero-order chi connectivity index (χ0) is 24.4. The molecule has 0 radical (unpaired) electrons. The van der Waals surface area contributed by atoms with Crippen LogP contribution < -0.4 is 15.8 Å². The monoisotopic (exact) mass is 466 g/mol. The Hall–Kier alpha value is -3.84. The number of sulfonamides is 1. The fourth-order valence-electron chi connectivity index (χ4n) is 3.17. The molecule has 10 heteroatoms. The van der Waals surface area contributed by atoms with Gasteiger partial charge in [0.1, 0.15) is 17.1 Å². The van der Waals surface area contributed by atoms with E-state index in [1.54, 1.807) is 60.1 Å². The summed E-state index contributed by atoms with van der Waals surface area (Å²) in [6.45, 7) is 7.39. The smallest absolute Gasteiger partial charge is 0.254 e. The van der Waals surface area contributed by atoms with Crippen molar-refractivity contribution in [3.05, 3.63) is 59.7 Å². The summed E-state index contributed by atoms with van der Waals surface area (Å²) in [7, 11) is -3.41. The predicted molar refractivity (Wildman–Crippen MR) is 129 cm³/mol. The van der Waals surface area contributed by atoms with E-state index in [4.69, 9.17) is 11.0 Å². The number of carbonyl (C=O) groups is 1. The predicted octanol–water partition coefficient (Wildman–Crippen LogP) is 3.78. The summed E-state index contributed by atoms with van der Waals surface area (Å²) in [6.07, 6.45) is 0. The van der Waals surface area contributed by atoms with Crippen LogP contribution in [0.2, 0.25) is 0 Å². The zero-order valence-electron chi connectivity index (χ0n) is 18.9. The molecule has 0 aliphatic rings. The lowest BCUT2D eigenvalue weighted by Gasteiger charge is -2.23. The second-order valence-corrected chi connectivity index (χ2v) is 10.4. The number of benzene rings is 2. The number of aromatic nitrogens is 2. The number of hydrogen-bond donors (Lipinski definition) is 3. The molecule has 0 unspecified atom stereocenters. The summed E-state index contributed by atoms with van der Waals surface area (Å²) in [6, 6.07) is 15.5. The molecule has 3 aromatic rings. The molecule has 0 aliphatic heterocycles. The van der Waals surface area contributed by atoms with Crippen LogP contribution in [0.5, 0.6) is 0 Å². The maximum absolute atomic E-state index is 12.5. The highest BCUT2D eigenvalue weighted by molar-refractivity contribution is 7.92. The molecule has 33 heavy (non-hydrogen) atoms. The van der Waals surface area contributed by atoms with Gasteiger partial charge in [-0.25, -0.2) is 13.1 Å². The molecule has 9 nitrogen and oxygen atoms in total. The first-order chi connectivity index (χ1) is 15.4. The molecule has 3 rings (SSSR count). The van der Waals surface area contributed by atoms with Gasteiger partial charge in [0, 0.05) is 16.9 Å². The number of nitrogens with one attached hydrogen (secondary N) is 2. The van der Waals surface area contributed by atoms with Crippen LogP contribution in [0.1, 0.15) is 43.6 Å². The molecule has 4 N–H and O–H groups in total. The second-order valence-electron chi connectivity index (χ2n) is 8.42. The van der Waals surface area contributed by atoms with Crippen molar-refractivity contribution < 1.29 is 13.2 Å². The minimum Gasteiger partial charge on any atom is -0.365 e. The highest BCUT2D eigenvalue weighted by atomic mass is 32.2. The summed E-state index contributed by atoms with van der Waals surface area (Å²) in [5.41, 5.74) is 8.05. The van der Waals surface area contributed by atoms with Gasteiger partial charge in [0.15, 0.2) is 0 Å². The Morgan fingerprint density at radius 1 is 1.09 bits per heavy atom. The molecule has 172 valence electrons. The topological polar surface area (TPSA) is 143 Å². The van der Waals surface area contributed by atoms with Gasteiger partial charge < -0.3 is 11.1 Å². The summed E-state index contributed by atoms with van der Waals surface area (Å²) in [5.74, 6) is -0.279. The van der Waals surface area contributed by atoms with Crippen LogP contribution in [-0.4, -0.2) is 29.9 Å². The molecule has 0 fully saturated rings. The van der Waals surface area contributed by atoms with Gasteiger partial charge in [-0.1, -0.05) is 12.1 Å². The zero-order valence-corrected chi connectivity index (χ0v) is 19.7. The molecule has 0 atom stereocenters. The lowest BCUT2D eigenvalue weighted by Crippen LogP contribution is -2.25. The number of nitrogens with zero attached hydrogens (tertiary/aromatic N) is 3. The van der Waals surface area contributed by atoms with Crippen LogP contribution in [0.25, 0.3) is 11.3 Å². The third-order valence-corrected chi connectivity index (χ3v) is 6.16.